The van der Waals surface area contributed by atoms with E-state index >= 15 is 0 Å². The van der Waals surface area contributed by atoms with E-state index in [4.69, 9.17) is 9.84 Å². The molecule has 1 heterocycles. The number of hydrogen-bond donors (Lipinski definition) is 2. The number of benzene rings is 1. The van der Waals surface area contributed by atoms with E-state index in [0.717, 1.165) is 12.4 Å². The Balaban J connectivity index is 2.19. The van der Waals surface area contributed by atoms with Gasteiger partial charge in [0.25, 0.3) is 0 Å². The van der Waals surface area contributed by atoms with Gasteiger partial charge in [0.2, 0.25) is 0 Å². The smallest absolute Gasteiger partial charge is 0.335 e. The highest BCUT2D eigenvalue weighted by atomic mass is 16.5. The molecular formula is C14H17N3O3. The van der Waals surface area contributed by atoms with Gasteiger partial charge in [-0.2, -0.15) is 0 Å². The Kier molecular flexibility index (Phi) is 4.24. The minimum Gasteiger partial charge on any atom is -0.495 e. The second-order valence-corrected chi connectivity index (χ2v) is 4.20. The Morgan fingerprint density at radius 1 is 1.50 bits per heavy atom. The Labute approximate surface area is 117 Å². The van der Waals surface area contributed by atoms with Crippen molar-refractivity contribution in [3.05, 3.63) is 42.0 Å². The number of aromatic nitrogens is 2. The van der Waals surface area contributed by atoms with Gasteiger partial charge < -0.3 is 19.7 Å². The van der Waals surface area contributed by atoms with Crippen LogP contribution in [0.15, 0.2) is 30.6 Å². The number of hydrogen-bond acceptors (Lipinski definition) is 4. The van der Waals surface area contributed by atoms with E-state index in [1.54, 1.807) is 25.4 Å². The summed E-state index contributed by atoms with van der Waals surface area (Å²) in [5, 5.41) is 12.2. The molecule has 6 nitrogen and oxygen atoms in total. The van der Waals surface area contributed by atoms with Gasteiger partial charge in [-0.3, -0.25) is 0 Å². The van der Waals surface area contributed by atoms with Crippen molar-refractivity contribution in [3.63, 3.8) is 0 Å². The lowest BCUT2D eigenvalue weighted by atomic mass is 10.2. The third-order valence-corrected chi connectivity index (χ3v) is 3.03. The topological polar surface area (TPSA) is 76.4 Å². The third kappa shape index (κ3) is 2.90. The van der Waals surface area contributed by atoms with Crippen molar-refractivity contribution in [1.82, 2.24) is 9.55 Å². The van der Waals surface area contributed by atoms with E-state index in [1.165, 1.54) is 6.07 Å². The summed E-state index contributed by atoms with van der Waals surface area (Å²) in [6, 6.07) is 4.71. The number of methoxy groups -OCH3 is 1. The fourth-order valence-electron chi connectivity index (χ4n) is 1.95. The summed E-state index contributed by atoms with van der Waals surface area (Å²) < 4.78 is 7.24. The van der Waals surface area contributed by atoms with E-state index in [9.17, 15) is 4.79 Å². The Morgan fingerprint density at radius 3 is 2.95 bits per heavy atom. The van der Waals surface area contributed by atoms with Crippen LogP contribution in [-0.2, 0) is 13.1 Å². The van der Waals surface area contributed by atoms with Crippen LogP contribution < -0.4 is 10.1 Å². The number of aryl methyl sites for hydroxylation is 1. The fraction of sp³-hybridized carbons (Fsp3) is 0.286. The number of carbonyl (C=O) groups is 1. The molecular weight excluding hydrogens is 258 g/mol. The SMILES string of the molecule is CCn1ccnc1CNc1cc(C(=O)O)ccc1OC. The molecule has 0 unspecified atom stereocenters. The molecule has 20 heavy (non-hydrogen) atoms. The van der Waals surface area contributed by atoms with Crippen LogP contribution in [0, 0.1) is 0 Å². The van der Waals surface area contributed by atoms with Crippen molar-refractivity contribution in [2.24, 2.45) is 0 Å². The van der Waals surface area contributed by atoms with Gasteiger partial charge in [-0.25, -0.2) is 9.78 Å². The summed E-state index contributed by atoms with van der Waals surface area (Å²) in [6.07, 6.45) is 3.65. The molecule has 0 fully saturated rings. The molecule has 0 atom stereocenters. The summed E-state index contributed by atoms with van der Waals surface area (Å²) in [5.41, 5.74) is 0.852. The number of aromatic carboxylic acids is 1. The molecule has 106 valence electrons. The van der Waals surface area contributed by atoms with E-state index in [0.29, 0.717) is 18.0 Å². The Morgan fingerprint density at radius 2 is 2.30 bits per heavy atom. The number of nitrogens with zero attached hydrogens (tertiary/aromatic N) is 2. The molecule has 2 aromatic rings. The van der Waals surface area contributed by atoms with Gasteiger partial charge in [0, 0.05) is 18.9 Å². The Bertz CT molecular complexity index is 607. The predicted octanol–water partition coefficient (Wildman–Crippen LogP) is 2.22. The second kappa shape index (κ2) is 6.10. The third-order valence-electron chi connectivity index (χ3n) is 3.03. The minimum atomic E-state index is -0.967. The zero-order valence-electron chi connectivity index (χ0n) is 11.5. The van der Waals surface area contributed by atoms with Gasteiger partial charge in [0.15, 0.2) is 0 Å². The molecule has 1 aromatic heterocycles. The van der Waals surface area contributed by atoms with Crippen LogP contribution in [0.4, 0.5) is 5.69 Å². The average molecular weight is 275 g/mol. The van der Waals surface area contributed by atoms with Gasteiger partial charge in [0.1, 0.15) is 11.6 Å². The van der Waals surface area contributed by atoms with Crippen LogP contribution in [-0.4, -0.2) is 27.7 Å². The predicted molar refractivity (Wildman–Crippen MR) is 75.2 cm³/mol. The number of carboxylic acids is 1. The quantitative estimate of drug-likeness (QED) is 0.845. The number of anilines is 1. The highest BCUT2D eigenvalue weighted by Crippen LogP contribution is 2.26. The van der Waals surface area contributed by atoms with Crippen molar-refractivity contribution in [3.8, 4) is 5.75 Å². The lowest BCUT2D eigenvalue weighted by molar-refractivity contribution is 0.0697. The van der Waals surface area contributed by atoms with E-state index in [-0.39, 0.29) is 5.56 Å². The maximum atomic E-state index is 11.0. The summed E-state index contributed by atoms with van der Waals surface area (Å²) in [7, 11) is 1.55. The molecule has 0 saturated carbocycles. The molecule has 0 aliphatic rings. The van der Waals surface area contributed by atoms with Gasteiger partial charge >= 0.3 is 5.97 Å². The molecule has 2 rings (SSSR count). The van der Waals surface area contributed by atoms with Crippen LogP contribution in [0.2, 0.25) is 0 Å². The van der Waals surface area contributed by atoms with Crippen molar-refractivity contribution < 1.29 is 14.6 Å². The van der Waals surface area contributed by atoms with Crippen molar-refractivity contribution in [2.45, 2.75) is 20.0 Å². The van der Waals surface area contributed by atoms with Crippen molar-refractivity contribution >= 4 is 11.7 Å². The van der Waals surface area contributed by atoms with Crippen LogP contribution in [0.25, 0.3) is 0 Å². The fourth-order valence-corrected chi connectivity index (χ4v) is 1.95. The standard InChI is InChI=1S/C14H17N3O3/c1-3-17-7-6-15-13(17)9-16-11-8-10(14(18)19)4-5-12(11)20-2/h4-8,16H,3,9H2,1-2H3,(H,18,19). The first-order valence-electron chi connectivity index (χ1n) is 6.31. The molecule has 2 N–H and O–H groups in total. The molecule has 0 aliphatic carbocycles. The van der Waals surface area contributed by atoms with E-state index in [2.05, 4.69) is 10.3 Å². The van der Waals surface area contributed by atoms with Gasteiger partial charge in [0.05, 0.1) is 24.9 Å². The van der Waals surface area contributed by atoms with Crippen molar-refractivity contribution in [2.75, 3.05) is 12.4 Å². The molecule has 0 amide bonds. The lowest BCUT2D eigenvalue weighted by Gasteiger charge is -2.12. The zero-order valence-corrected chi connectivity index (χ0v) is 11.5. The summed E-state index contributed by atoms with van der Waals surface area (Å²) in [4.78, 5) is 15.3. The molecule has 1 aromatic carbocycles. The largest absolute Gasteiger partial charge is 0.495 e. The normalized spacial score (nSPS) is 10.3. The first-order valence-corrected chi connectivity index (χ1v) is 6.31. The van der Waals surface area contributed by atoms with Crippen LogP contribution in [0.3, 0.4) is 0 Å². The van der Waals surface area contributed by atoms with Crippen LogP contribution >= 0.6 is 0 Å². The highest BCUT2D eigenvalue weighted by Gasteiger charge is 2.09. The molecule has 0 saturated heterocycles. The maximum Gasteiger partial charge on any atom is 0.335 e. The Hall–Kier alpha value is -2.50. The van der Waals surface area contributed by atoms with Crippen LogP contribution in [0.5, 0.6) is 5.75 Å². The van der Waals surface area contributed by atoms with Crippen molar-refractivity contribution in [1.29, 1.82) is 0 Å². The summed E-state index contributed by atoms with van der Waals surface area (Å²) >= 11 is 0. The lowest BCUT2D eigenvalue weighted by Crippen LogP contribution is -2.09. The van der Waals surface area contributed by atoms with Gasteiger partial charge in [-0.05, 0) is 25.1 Å². The maximum absolute atomic E-state index is 11.0. The molecule has 0 aliphatic heterocycles. The average Bonchev–Trinajstić information content (AvgIpc) is 2.92. The zero-order chi connectivity index (χ0) is 14.5. The molecule has 0 radical (unpaired) electrons. The number of carboxylic acid groups (broad SMARTS) is 1. The molecule has 6 heteroatoms. The minimum absolute atomic E-state index is 0.215. The second-order valence-electron chi connectivity index (χ2n) is 4.20. The summed E-state index contributed by atoms with van der Waals surface area (Å²) in [5.74, 6) is 0.519. The van der Waals surface area contributed by atoms with Crippen LogP contribution in [0.1, 0.15) is 23.1 Å². The number of ether oxygens (including phenoxy) is 1. The first kappa shape index (κ1) is 13.9. The molecule has 0 spiro atoms. The molecule has 0 bridgehead atoms. The highest BCUT2D eigenvalue weighted by molar-refractivity contribution is 5.89. The number of nitrogens with one attached hydrogen (secondary N) is 1. The van der Waals surface area contributed by atoms with E-state index < -0.39 is 5.97 Å². The first-order chi connectivity index (χ1) is 9.65. The number of imidazole rings is 1. The van der Waals surface area contributed by atoms with Gasteiger partial charge in [-0.15, -0.1) is 0 Å². The summed E-state index contributed by atoms with van der Waals surface area (Å²) in [6.45, 7) is 3.38. The van der Waals surface area contributed by atoms with E-state index in [1.807, 2.05) is 17.7 Å². The monoisotopic (exact) mass is 275 g/mol. The number of rotatable bonds is 6. The van der Waals surface area contributed by atoms with Gasteiger partial charge in [-0.1, -0.05) is 0 Å².